The minimum Gasteiger partial charge on any atom is -0.477 e. The lowest BCUT2D eigenvalue weighted by molar-refractivity contribution is -0.150. The Balaban J connectivity index is 1.46. The number of amides is 2. The number of β-lactam (4-membered cyclic amide) rings is 1. The van der Waals surface area contributed by atoms with Gasteiger partial charge in [0, 0.05) is 23.3 Å². The Bertz CT molecular complexity index is 1310. The molecule has 2 aromatic rings. The molecule has 37 heavy (non-hydrogen) atoms. The van der Waals surface area contributed by atoms with E-state index in [2.05, 4.69) is 31.0 Å². The van der Waals surface area contributed by atoms with Gasteiger partial charge in [0.2, 0.25) is 5.16 Å². The van der Waals surface area contributed by atoms with Crippen LogP contribution in [0.2, 0.25) is 0 Å². The molecule has 2 aliphatic rings. The molecule has 2 atom stereocenters. The van der Waals surface area contributed by atoms with Gasteiger partial charge in [0.15, 0.2) is 10.8 Å². The third-order valence-electron chi connectivity index (χ3n) is 5.17. The number of oxime groups is 1. The minimum absolute atomic E-state index is 0.00804. The molecule has 2 aliphatic heterocycles. The summed E-state index contributed by atoms with van der Waals surface area (Å²) in [5.74, 6) is -2.00. The van der Waals surface area contributed by atoms with E-state index in [-0.39, 0.29) is 40.2 Å². The molecule has 0 spiro atoms. The van der Waals surface area contributed by atoms with Crippen molar-refractivity contribution < 1.29 is 24.3 Å². The van der Waals surface area contributed by atoms with Crippen molar-refractivity contribution in [1.82, 2.24) is 35.4 Å². The van der Waals surface area contributed by atoms with E-state index in [4.69, 9.17) is 21.7 Å². The first kappa shape index (κ1) is 26.4. The molecule has 7 N–H and O–H groups in total. The molecule has 0 saturated carbocycles. The number of carboxylic acid groups (broad SMARTS) is 1. The SMILES string of the molecule is CON=C(C(=O)N[C@@H]1C(=O)N2C(C(=O)O)=C(CSc3nnnn3CCC(=N)N)CS[C@@H]12)c1csc(N)n1. The number of amidine groups is 1. The number of anilines is 1. The lowest BCUT2D eigenvalue weighted by Gasteiger charge is -2.49. The standard InChI is InChI=1S/C18H21N11O5S3/c1-34-25-10(8-6-36-17(21)22-8)13(30)23-11-14(31)29-12(16(32)33)7(4-35-15(11)29)5-37-18-24-26-27-28(18)3-2-9(19)20/h6,11,15H,2-5H2,1H3,(H3,19,20)(H2,21,22)(H,23,30)(H,32,33)/t11-,15+/m1/s1. The highest BCUT2D eigenvalue weighted by atomic mass is 32.2. The van der Waals surface area contributed by atoms with Crippen LogP contribution in [0.1, 0.15) is 12.1 Å². The van der Waals surface area contributed by atoms with E-state index in [1.165, 1.54) is 45.6 Å². The highest BCUT2D eigenvalue weighted by molar-refractivity contribution is 8.01. The number of aryl methyl sites for hydroxylation is 1. The summed E-state index contributed by atoms with van der Waals surface area (Å²) in [6, 6.07) is -0.960. The van der Waals surface area contributed by atoms with Gasteiger partial charge in [-0.2, -0.15) is 0 Å². The topological polar surface area (TPSA) is 241 Å². The van der Waals surface area contributed by atoms with Gasteiger partial charge in [0.05, 0.1) is 12.4 Å². The van der Waals surface area contributed by atoms with E-state index in [0.29, 0.717) is 23.0 Å². The number of aromatic nitrogens is 5. The van der Waals surface area contributed by atoms with Crippen molar-refractivity contribution in [1.29, 1.82) is 5.41 Å². The normalized spacial score (nSPS) is 19.3. The molecule has 2 amide bonds. The second-order valence-corrected chi connectivity index (χ2v) is 10.5. The van der Waals surface area contributed by atoms with Gasteiger partial charge >= 0.3 is 5.97 Å². The maximum absolute atomic E-state index is 13.0. The average molecular weight is 568 g/mol. The van der Waals surface area contributed by atoms with Crippen LogP contribution in [-0.2, 0) is 25.8 Å². The molecular weight excluding hydrogens is 546 g/mol. The molecule has 0 unspecified atom stereocenters. The van der Waals surface area contributed by atoms with Crippen LogP contribution in [0.4, 0.5) is 5.13 Å². The minimum atomic E-state index is -1.25. The number of tetrazole rings is 1. The monoisotopic (exact) mass is 567 g/mol. The highest BCUT2D eigenvalue weighted by Crippen LogP contribution is 2.41. The zero-order chi connectivity index (χ0) is 26.7. The molecule has 0 aromatic carbocycles. The van der Waals surface area contributed by atoms with Gasteiger partial charge < -0.3 is 26.7 Å². The van der Waals surface area contributed by atoms with Gasteiger partial charge in [-0.15, -0.1) is 28.2 Å². The summed E-state index contributed by atoms with van der Waals surface area (Å²) >= 11 is 3.65. The van der Waals surface area contributed by atoms with Crippen molar-refractivity contribution in [3.05, 3.63) is 22.3 Å². The lowest BCUT2D eigenvalue weighted by atomic mass is 10.0. The molecule has 0 aliphatic carbocycles. The molecule has 0 bridgehead atoms. The molecule has 2 aromatic heterocycles. The number of hydrogen-bond donors (Lipinski definition) is 5. The van der Waals surface area contributed by atoms with Crippen LogP contribution in [0.5, 0.6) is 0 Å². The number of nitrogens with one attached hydrogen (secondary N) is 2. The number of rotatable bonds is 11. The van der Waals surface area contributed by atoms with Crippen LogP contribution in [0.25, 0.3) is 0 Å². The van der Waals surface area contributed by atoms with E-state index in [9.17, 15) is 19.5 Å². The number of fused-ring (bicyclic) bond motifs is 1. The van der Waals surface area contributed by atoms with Gasteiger partial charge in [-0.1, -0.05) is 16.9 Å². The van der Waals surface area contributed by atoms with Crippen LogP contribution in [0.15, 0.2) is 27.0 Å². The first-order valence-electron chi connectivity index (χ1n) is 10.5. The maximum Gasteiger partial charge on any atom is 0.352 e. The predicted octanol–water partition coefficient (Wildman–Crippen LogP) is -1.08. The summed E-state index contributed by atoms with van der Waals surface area (Å²) in [7, 11) is 1.27. The Hall–Kier alpha value is -3.71. The Morgan fingerprint density at radius 3 is 2.89 bits per heavy atom. The predicted molar refractivity (Wildman–Crippen MR) is 135 cm³/mol. The molecule has 4 rings (SSSR count). The van der Waals surface area contributed by atoms with Gasteiger partial charge in [-0.05, 0) is 16.0 Å². The van der Waals surface area contributed by atoms with Crippen LogP contribution in [-0.4, -0.2) is 94.6 Å². The number of aliphatic carboxylic acids is 1. The molecule has 1 saturated heterocycles. The Morgan fingerprint density at radius 1 is 1.46 bits per heavy atom. The quantitative estimate of drug-likeness (QED) is 0.0714. The van der Waals surface area contributed by atoms with E-state index in [0.717, 1.165) is 11.3 Å². The number of nitrogen functional groups attached to an aromatic ring is 1. The number of carboxylic acids is 1. The largest absolute Gasteiger partial charge is 0.477 e. The van der Waals surface area contributed by atoms with Gasteiger partial charge in [-0.3, -0.25) is 19.9 Å². The summed E-state index contributed by atoms with van der Waals surface area (Å²) in [6.07, 6.45) is 0.265. The third-order valence-corrected chi connectivity index (χ3v) is 8.22. The van der Waals surface area contributed by atoms with Crippen LogP contribution in [0.3, 0.4) is 0 Å². The first-order valence-corrected chi connectivity index (χ1v) is 13.4. The molecule has 1 fully saturated rings. The van der Waals surface area contributed by atoms with E-state index in [1.54, 1.807) is 0 Å². The van der Waals surface area contributed by atoms with Gasteiger partial charge in [0.25, 0.3) is 11.8 Å². The smallest absolute Gasteiger partial charge is 0.352 e. The van der Waals surface area contributed by atoms with Crippen molar-refractivity contribution in [3.63, 3.8) is 0 Å². The van der Waals surface area contributed by atoms with Crippen molar-refractivity contribution in [2.45, 2.75) is 29.5 Å². The van der Waals surface area contributed by atoms with Crippen LogP contribution >= 0.6 is 34.9 Å². The van der Waals surface area contributed by atoms with E-state index < -0.39 is 29.2 Å². The molecule has 16 nitrogen and oxygen atoms in total. The fraction of sp³-hybridized carbons (Fsp3) is 0.389. The number of nitrogens with zero attached hydrogens (tertiary/aromatic N) is 7. The summed E-state index contributed by atoms with van der Waals surface area (Å²) in [5, 5.41) is 36.5. The van der Waals surface area contributed by atoms with Crippen LogP contribution in [0, 0.1) is 5.41 Å². The zero-order valence-electron chi connectivity index (χ0n) is 19.2. The van der Waals surface area contributed by atoms with Crippen LogP contribution < -0.4 is 16.8 Å². The molecule has 4 heterocycles. The van der Waals surface area contributed by atoms with Gasteiger partial charge in [-0.25, -0.2) is 14.5 Å². The molecule has 196 valence electrons. The summed E-state index contributed by atoms with van der Waals surface area (Å²) in [5.41, 5.74) is 11.4. The van der Waals surface area contributed by atoms with E-state index in [1.807, 2.05) is 0 Å². The number of carbonyl (C=O) groups is 3. The Kier molecular flexibility index (Phi) is 7.93. The number of nitrogens with two attached hydrogens (primary N) is 2. The zero-order valence-corrected chi connectivity index (χ0v) is 21.6. The Labute approximate surface area is 221 Å². The molecule has 19 heteroatoms. The summed E-state index contributed by atoms with van der Waals surface area (Å²) < 4.78 is 1.47. The summed E-state index contributed by atoms with van der Waals surface area (Å²) in [4.78, 5) is 47.9. The number of thioether (sulfide) groups is 2. The lowest BCUT2D eigenvalue weighted by Crippen LogP contribution is -2.71. The first-order chi connectivity index (χ1) is 17.7. The fourth-order valence-corrected chi connectivity index (χ4v) is 6.45. The van der Waals surface area contributed by atoms with Crippen molar-refractivity contribution >= 4 is 69.3 Å². The van der Waals surface area contributed by atoms with E-state index >= 15 is 0 Å². The molecule has 0 radical (unpaired) electrons. The Morgan fingerprint density at radius 2 is 2.24 bits per heavy atom. The van der Waals surface area contributed by atoms with Gasteiger partial charge in [0.1, 0.15) is 29.9 Å². The second kappa shape index (κ2) is 11.1. The highest BCUT2D eigenvalue weighted by Gasteiger charge is 2.54. The molecular formula is C18H21N11O5S3. The van der Waals surface area contributed by atoms with Crippen molar-refractivity contribution in [3.8, 4) is 0 Å². The van der Waals surface area contributed by atoms with Crippen molar-refractivity contribution in [2.24, 2.45) is 10.9 Å². The van der Waals surface area contributed by atoms with Crippen molar-refractivity contribution in [2.75, 3.05) is 24.3 Å². The number of carbonyl (C=O) groups excluding carboxylic acids is 2. The number of thiazole rings is 1. The second-order valence-electron chi connectivity index (χ2n) is 7.56. The number of hydrogen-bond acceptors (Lipinski definition) is 14. The fourth-order valence-electron chi connectivity index (χ4n) is 3.51. The third kappa shape index (κ3) is 5.52. The summed E-state index contributed by atoms with van der Waals surface area (Å²) in [6.45, 7) is 0.306. The average Bonchev–Trinajstić information content (AvgIpc) is 3.50. The maximum atomic E-state index is 13.0.